The summed E-state index contributed by atoms with van der Waals surface area (Å²) in [6, 6.07) is 1.75. The van der Waals surface area contributed by atoms with Crippen molar-refractivity contribution in [3.05, 3.63) is 12.3 Å². The highest BCUT2D eigenvalue weighted by atomic mass is 32.2. The van der Waals surface area contributed by atoms with Gasteiger partial charge in [-0.15, -0.1) is 0 Å². The van der Waals surface area contributed by atoms with Crippen LogP contribution in [0.4, 0.5) is 0 Å². The Morgan fingerprint density at radius 2 is 2.29 bits per heavy atom. The maximum Gasteiger partial charge on any atom is 0.260 e. The molecule has 2 heterocycles. The molecule has 7 heteroatoms. The molecule has 0 bridgehead atoms. The van der Waals surface area contributed by atoms with Gasteiger partial charge in [0.1, 0.15) is 0 Å². The number of likely N-dealkylation sites (N-methyl/N-ethyl adjacent to an activating group) is 1. The molecule has 17 heavy (non-hydrogen) atoms. The van der Waals surface area contributed by atoms with E-state index in [0.29, 0.717) is 13.1 Å². The van der Waals surface area contributed by atoms with Gasteiger partial charge in [0.15, 0.2) is 5.03 Å². The normalized spacial score (nSPS) is 24.0. The van der Waals surface area contributed by atoms with Gasteiger partial charge in [0.25, 0.3) is 10.0 Å². The molecule has 1 saturated heterocycles. The van der Waals surface area contributed by atoms with Crippen LogP contribution in [0.5, 0.6) is 0 Å². The fraction of sp³-hybridized carbons (Fsp3) is 0.700. The van der Waals surface area contributed by atoms with E-state index in [1.54, 1.807) is 0 Å². The molecule has 1 aromatic rings. The molecule has 0 aliphatic carbocycles. The number of hydrogen-bond acceptors (Lipinski definition) is 4. The van der Waals surface area contributed by atoms with Crippen LogP contribution >= 0.6 is 0 Å². The molecule has 1 atom stereocenters. The van der Waals surface area contributed by atoms with Crippen molar-refractivity contribution in [2.45, 2.75) is 24.9 Å². The molecule has 0 saturated carbocycles. The first-order valence-corrected chi connectivity index (χ1v) is 7.23. The highest BCUT2D eigenvalue weighted by molar-refractivity contribution is 7.89. The van der Waals surface area contributed by atoms with E-state index in [2.05, 4.69) is 28.9 Å². The second-order valence-corrected chi connectivity index (χ2v) is 6.17. The van der Waals surface area contributed by atoms with Crippen molar-refractivity contribution in [1.29, 1.82) is 0 Å². The Morgan fingerprint density at radius 1 is 1.53 bits per heavy atom. The van der Waals surface area contributed by atoms with Crippen molar-refractivity contribution in [3.63, 3.8) is 0 Å². The zero-order valence-corrected chi connectivity index (χ0v) is 10.9. The summed E-state index contributed by atoms with van der Waals surface area (Å²) in [5, 5.41) is 6.39. The van der Waals surface area contributed by atoms with E-state index in [4.69, 9.17) is 0 Å². The zero-order valence-electron chi connectivity index (χ0n) is 10.1. The highest BCUT2D eigenvalue weighted by Crippen LogP contribution is 2.17. The number of aromatic amines is 1. The van der Waals surface area contributed by atoms with Gasteiger partial charge in [0, 0.05) is 25.7 Å². The molecule has 1 unspecified atom stereocenters. The Bertz CT molecular complexity index is 457. The molecular weight excluding hydrogens is 240 g/mol. The van der Waals surface area contributed by atoms with E-state index in [1.807, 2.05) is 0 Å². The van der Waals surface area contributed by atoms with Crippen LogP contribution in [-0.4, -0.2) is 60.0 Å². The predicted octanol–water partition coefficient (Wildman–Crippen LogP) is 0.124. The Labute approximate surface area is 102 Å². The second kappa shape index (κ2) is 4.75. The number of sulfonamides is 1. The summed E-state index contributed by atoms with van der Waals surface area (Å²) in [6.07, 6.45) is 1.46. The topological polar surface area (TPSA) is 69.3 Å². The quantitative estimate of drug-likeness (QED) is 0.836. The molecular formula is C10H18N4O2S. The molecule has 6 nitrogen and oxygen atoms in total. The Hall–Kier alpha value is -0.920. The van der Waals surface area contributed by atoms with Gasteiger partial charge in [0.05, 0.1) is 6.20 Å². The maximum atomic E-state index is 12.2. The van der Waals surface area contributed by atoms with E-state index in [0.717, 1.165) is 13.1 Å². The van der Waals surface area contributed by atoms with Crippen LogP contribution in [0.2, 0.25) is 0 Å². The average Bonchev–Trinajstić information content (AvgIpc) is 2.83. The smallest absolute Gasteiger partial charge is 0.260 e. The summed E-state index contributed by atoms with van der Waals surface area (Å²) in [6.45, 7) is 6.96. The summed E-state index contributed by atoms with van der Waals surface area (Å²) in [4.78, 5) is 2.28. The van der Waals surface area contributed by atoms with Crippen molar-refractivity contribution in [2.75, 3.05) is 26.2 Å². The summed E-state index contributed by atoms with van der Waals surface area (Å²) < 4.78 is 26.0. The third kappa shape index (κ3) is 2.36. The first kappa shape index (κ1) is 12.5. The van der Waals surface area contributed by atoms with Crippen molar-refractivity contribution in [3.8, 4) is 0 Å². The van der Waals surface area contributed by atoms with Crippen LogP contribution in [0.15, 0.2) is 17.3 Å². The van der Waals surface area contributed by atoms with Crippen LogP contribution in [-0.2, 0) is 10.0 Å². The number of piperazine rings is 1. The van der Waals surface area contributed by atoms with Crippen LogP contribution in [0.1, 0.15) is 13.8 Å². The Morgan fingerprint density at radius 3 is 2.82 bits per heavy atom. The number of aromatic nitrogens is 2. The SMILES string of the molecule is CCN1CCN(S(=O)(=O)c2ccn[nH]2)CC1C. The molecule has 96 valence electrons. The van der Waals surface area contributed by atoms with E-state index in [-0.39, 0.29) is 11.1 Å². The van der Waals surface area contributed by atoms with Crippen molar-refractivity contribution < 1.29 is 8.42 Å². The molecule has 0 amide bonds. The van der Waals surface area contributed by atoms with Crippen LogP contribution in [0.3, 0.4) is 0 Å². The number of nitrogens with zero attached hydrogens (tertiary/aromatic N) is 3. The predicted molar refractivity (Wildman–Crippen MR) is 64.1 cm³/mol. The largest absolute Gasteiger partial charge is 0.298 e. The van der Waals surface area contributed by atoms with Gasteiger partial charge in [-0.1, -0.05) is 6.92 Å². The first-order valence-electron chi connectivity index (χ1n) is 5.79. The Kier molecular flexibility index (Phi) is 3.50. The minimum absolute atomic E-state index is 0.176. The zero-order chi connectivity index (χ0) is 12.5. The number of rotatable bonds is 3. The van der Waals surface area contributed by atoms with Gasteiger partial charge in [0.2, 0.25) is 0 Å². The molecule has 2 rings (SSSR count). The minimum atomic E-state index is -3.39. The van der Waals surface area contributed by atoms with Crippen molar-refractivity contribution in [2.24, 2.45) is 0 Å². The molecule has 0 aromatic carbocycles. The lowest BCUT2D eigenvalue weighted by atomic mass is 10.2. The molecule has 0 spiro atoms. The number of hydrogen-bond donors (Lipinski definition) is 1. The summed E-state index contributed by atoms with van der Waals surface area (Å²) in [5.74, 6) is 0. The minimum Gasteiger partial charge on any atom is -0.298 e. The molecule has 1 fully saturated rings. The highest BCUT2D eigenvalue weighted by Gasteiger charge is 2.32. The van der Waals surface area contributed by atoms with E-state index < -0.39 is 10.0 Å². The Balaban J connectivity index is 2.15. The van der Waals surface area contributed by atoms with Crippen LogP contribution in [0.25, 0.3) is 0 Å². The van der Waals surface area contributed by atoms with E-state index >= 15 is 0 Å². The summed E-state index contributed by atoms with van der Waals surface area (Å²) in [7, 11) is -3.39. The summed E-state index contributed by atoms with van der Waals surface area (Å²) in [5.41, 5.74) is 0. The third-order valence-corrected chi connectivity index (χ3v) is 5.02. The molecule has 0 radical (unpaired) electrons. The molecule has 1 aromatic heterocycles. The van der Waals surface area contributed by atoms with Gasteiger partial charge in [-0.25, -0.2) is 8.42 Å². The molecule has 1 aliphatic heterocycles. The number of nitrogens with one attached hydrogen (secondary N) is 1. The lowest BCUT2D eigenvalue weighted by Gasteiger charge is -2.38. The summed E-state index contributed by atoms with van der Waals surface area (Å²) >= 11 is 0. The van der Waals surface area contributed by atoms with Crippen molar-refractivity contribution >= 4 is 10.0 Å². The lowest BCUT2D eigenvalue weighted by molar-refractivity contribution is 0.135. The van der Waals surface area contributed by atoms with Gasteiger partial charge < -0.3 is 0 Å². The fourth-order valence-corrected chi connectivity index (χ4v) is 3.59. The lowest BCUT2D eigenvalue weighted by Crippen LogP contribution is -2.53. The number of H-pyrrole nitrogens is 1. The van der Waals surface area contributed by atoms with Gasteiger partial charge >= 0.3 is 0 Å². The fourth-order valence-electron chi connectivity index (χ4n) is 2.18. The molecule has 1 N–H and O–H groups in total. The average molecular weight is 258 g/mol. The maximum absolute atomic E-state index is 12.2. The van der Waals surface area contributed by atoms with Gasteiger partial charge in [-0.05, 0) is 19.5 Å². The molecule has 1 aliphatic rings. The standard InChI is InChI=1S/C10H18N4O2S/c1-3-13-6-7-14(8-9(13)2)17(15,16)10-4-5-11-12-10/h4-5,9H,3,6-8H2,1-2H3,(H,11,12). The monoisotopic (exact) mass is 258 g/mol. The third-order valence-electron chi connectivity index (χ3n) is 3.23. The van der Waals surface area contributed by atoms with Gasteiger partial charge in [-0.3, -0.25) is 10.00 Å². The second-order valence-electron chi connectivity index (χ2n) is 4.26. The van der Waals surface area contributed by atoms with Crippen molar-refractivity contribution in [1.82, 2.24) is 19.4 Å². The van der Waals surface area contributed by atoms with Crippen LogP contribution in [0, 0.1) is 0 Å². The van der Waals surface area contributed by atoms with Crippen LogP contribution < -0.4 is 0 Å². The van der Waals surface area contributed by atoms with E-state index in [9.17, 15) is 8.42 Å². The van der Waals surface area contributed by atoms with Gasteiger partial charge in [-0.2, -0.15) is 9.40 Å². The van der Waals surface area contributed by atoms with E-state index in [1.165, 1.54) is 16.6 Å². The first-order chi connectivity index (χ1) is 8.05.